The number of aryl methyl sites for hydroxylation is 1. The molecule has 17 heavy (non-hydrogen) atoms. The summed E-state index contributed by atoms with van der Waals surface area (Å²) in [4.78, 5) is 2.34. The van der Waals surface area contributed by atoms with Crippen molar-refractivity contribution in [2.75, 3.05) is 11.9 Å². The van der Waals surface area contributed by atoms with Crippen molar-refractivity contribution in [3.05, 3.63) is 28.8 Å². The molecule has 0 saturated carbocycles. The largest absolute Gasteiger partial charge is 0.369 e. The van der Waals surface area contributed by atoms with Crippen LogP contribution >= 0.6 is 0 Å². The van der Waals surface area contributed by atoms with E-state index in [-0.39, 0.29) is 5.54 Å². The molecular formula is C15H20N2. The monoisotopic (exact) mass is 228 g/mol. The SMILES string of the molecule is Cc1cc2c(cc1C#N)C(C)CC(C)(C)N2C. The zero-order chi connectivity index (χ0) is 12.8. The molecule has 0 aromatic heterocycles. The lowest BCUT2D eigenvalue weighted by Gasteiger charge is -2.45. The predicted molar refractivity (Wildman–Crippen MR) is 71.4 cm³/mol. The number of hydrogen-bond acceptors (Lipinski definition) is 2. The number of anilines is 1. The Labute approximate surface area is 104 Å². The molecule has 0 N–H and O–H groups in total. The highest BCUT2D eigenvalue weighted by atomic mass is 15.2. The summed E-state index contributed by atoms with van der Waals surface area (Å²) >= 11 is 0. The first-order valence-electron chi connectivity index (χ1n) is 6.15. The van der Waals surface area contributed by atoms with Gasteiger partial charge in [-0.15, -0.1) is 0 Å². The van der Waals surface area contributed by atoms with Gasteiger partial charge in [0.2, 0.25) is 0 Å². The molecule has 0 radical (unpaired) electrons. The normalized spacial score (nSPS) is 21.9. The van der Waals surface area contributed by atoms with E-state index in [1.807, 2.05) is 6.92 Å². The number of benzene rings is 1. The molecule has 1 aromatic carbocycles. The average molecular weight is 228 g/mol. The third kappa shape index (κ3) is 1.80. The second-order valence-electron chi connectivity index (χ2n) is 5.81. The molecule has 1 aliphatic heterocycles. The second kappa shape index (κ2) is 3.77. The van der Waals surface area contributed by atoms with Crippen LogP contribution in [0.5, 0.6) is 0 Å². The van der Waals surface area contributed by atoms with E-state index in [0.29, 0.717) is 5.92 Å². The summed E-state index contributed by atoms with van der Waals surface area (Å²) in [6.07, 6.45) is 1.13. The van der Waals surface area contributed by atoms with Crippen LogP contribution in [0.3, 0.4) is 0 Å². The molecule has 1 heterocycles. The predicted octanol–water partition coefficient (Wildman–Crippen LogP) is 3.59. The molecule has 0 bridgehead atoms. The Morgan fingerprint density at radius 2 is 2.06 bits per heavy atom. The van der Waals surface area contributed by atoms with E-state index in [1.54, 1.807) is 0 Å². The van der Waals surface area contributed by atoms with Crippen LogP contribution in [-0.4, -0.2) is 12.6 Å². The molecule has 1 unspecified atom stereocenters. The molecule has 0 spiro atoms. The van der Waals surface area contributed by atoms with E-state index in [4.69, 9.17) is 5.26 Å². The fraction of sp³-hybridized carbons (Fsp3) is 0.533. The van der Waals surface area contributed by atoms with Crippen LogP contribution in [0.25, 0.3) is 0 Å². The molecule has 1 aliphatic rings. The third-order valence-electron chi connectivity index (χ3n) is 4.10. The summed E-state index contributed by atoms with van der Waals surface area (Å²) in [7, 11) is 2.15. The van der Waals surface area contributed by atoms with E-state index in [2.05, 4.69) is 50.9 Å². The average Bonchev–Trinajstić information content (AvgIpc) is 2.25. The second-order valence-corrected chi connectivity index (χ2v) is 5.81. The van der Waals surface area contributed by atoms with Crippen LogP contribution in [0.1, 0.15) is 49.8 Å². The van der Waals surface area contributed by atoms with Crippen molar-refractivity contribution < 1.29 is 0 Å². The van der Waals surface area contributed by atoms with Crippen molar-refractivity contribution >= 4 is 5.69 Å². The number of fused-ring (bicyclic) bond motifs is 1. The molecule has 2 heteroatoms. The zero-order valence-electron chi connectivity index (χ0n) is 11.3. The molecule has 0 saturated heterocycles. The van der Waals surface area contributed by atoms with Gasteiger partial charge < -0.3 is 4.90 Å². The van der Waals surface area contributed by atoms with Gasteiger partial charge in [0.25, 0.3) is 0 Å². The van der Waals surface area contributed by atoms with Crippen molar-refractivity contribution in [1.82, 2.24) is 0 Å². The van der Waals surface area contributed by atoms with Crippen LogP contribution in [-0.2, 0) is 0 Å². The van der Waals surface area contributed by atoms with Crippen LogP contribution in [0.2, 0.25) is 0 Å². The van der Waals surface area contributed by atoms with Gasteiger partial charge in [-0.3, -0.25) is 0 Å². The fourth-order valence-corrected chi connectivity index (χ4v) is 2.84. The van der Waals surface area contributed by atoms with E-state index in [0.717, 1.165) is 17.5 Å². The molecule has 2 nitrogen and oxygen atoms in total. The van der Waals surface area contributed by atoms with Crippen molar-refractivity contribution in [2.24, 2.45) is 0 Å². The number of nitriles is 1. The molecule has 2 rings (SSSR count). The fourth-order valence-electron chi connectivity index (χ4n) is 2.84. The minimum Gasteiger partial charge on any atom is -0.369 e. The maximum Gasteiger partial charge on any atom is 0.0994 e. The lowest BCUT2D eigenvalue weighted by atomic mass is 9.79. The summed E-state index contributed by atoms with van der Waals surface area (Å²) in [6.45, 7) is 8.82. The molecule has 1 aromatic rings. The smallest absolute Gasteiger partial charge is 0.0994 e. The highest BCUT2D eigenvalue weighted by Crippen LogP contribution is 2.43. The van der Waals surface area contributed by atoms with Gasteiger partial charge in [-0.1, -0.05) is 6.92 Å². The molecule has 0 aliphatic carbocycles. The lowest BCUT2D eigenvalue weighted by molar-refractivity contribution is 0.395. The van der Waals surface area contributed by atoms with Crippen molar-refractivity contribution in [1.29, 1.82) is 5.26 Å². The lowest BCUT2D eigenvalue weighted by Crippen LogP contribution is -2.45. The van der Waals surface area contributed by atoms with E-state index in [9.17, 15) is 0 Å². The van der Waals surface area contributed by atoms with Gasteiger partial charge in [0.05, 0.1) is 11.6 Å². The first-order chi connectivity index (χ1) is 7.86. The van der Waals surface area contributed by atoms with Gasteiger partial charge in [-0.25, -0.2) is 0 Å². The minimum atomic E-state index is 0.188. The van der Waals surface area contributed by atoms with Crippen LogP contribution in [0.4, 0.5) is 5.69 Å². The van der Waals surface area contributed by atoms with E-state index in [1.165, 1.54) is 11.3 Å². The highest BCUT2D eigenvalue weighted by Gasteiger charge is 2.34. The molecule has 0 amide bonds. The molecule has 0 fully saturated rings. The maximum atomic E-state index is 9.11. The van der Waals surface area contributed by atoms with Crippen LogP contribution < -0.4 is 4.90 Å². The maximum absolute atomic E-state index is 9.11. The Kier molecular flexibility index (Phi) is 2.66. The standard InChI is InChI=1S/C15H20N2/c1-10-6-14-13(7-12(10)9-16)11(2)8-15(3,4)17(14)5/h6-7,11H,8H2,1-5H3. The first kappa shape index (κ1) is 12.0. The Morgan fingerprint density at radius 3 is 2.65 bits per heavy atom. The van der Waals surface area contributed by atoms with E-state index >= 15 is 0 Å². The van der Waals surface area contributed by atoms with E-state index < -0.39 is 0 Å². The van der Waals surface area contributed by atoms with Crippen LogP contribution in [0.15, 0.2) is 12.1 Å². The Bertz CT molecular complexity index is 494. The van der Waals surface area contributed by atoms with Crippen molar-refractivity contribution in [2.45, 2.75) is 45.6 Å². The molecule has 90 valence electrons. The van der Waals surface area contributed by atoms with Gasteiger partial charge in [0.15, 0.2) is 0 Å². The first-order valence-corrected chi connectivity index (χ1v) is 6.15. The quantitative estimate of drug-likeness (QED) is 0.678. The summed E-state index contributed by atoms with van der Waals surface area (Å²) in [6, 6.07) is 6.51. The molecular weight excluding hydrogens is 208 g/mol. The van der Waals surface area contributed by atoms with Crippen molar-refractivity contribution in [3.63, 3.8) is 0 Å². The number of hydrogen-bond donors (Lipinski definition) is 0. The molecule has 1 atom stereocenters. The third-order valence-corrected chi connectivity index (χ3v) is 4.10. The van der Waals surface area contributed by atoms with Gasteiger partial charge in [0.1, 0.15) is 0 Å². The summed E-state index contributed by atoms with van der Waals surface area (Å²) < 4.78 is 0. The minimum absolute atomic E-state index is 0.188. The van der Waals surface area contributed by atoms with Gasteiger partial charge in [-0.05, 0) is 56.4 Å². The highest BCUT2D eigenvalue weighted by molar-refractivity contribution is 5.63. The zero-order valence-corrected chi connectivity index (χ0v) is 11.3. The Morgan fingerprint density at radius 1 is 1.41 bits per heavy atom. The summed E-state index contributed by atoms with van der Waals surface area (Å²) in [5.74, 6) is 0.518. The van der Waals surface area contributed by atoms with Gasteiger partial charge in [-0.2, -0.15) is 5.26 Å². The number of nitrogens with zero attached hydrogens (tertiary/aromatic N) is 2. The Balaban J connectivity index is 2.63. The van der Waals surface area contributed by atoms with Crippen LogP contribution in [0, 0.1) is 18.3 Å². The number of rotatable bonds is 0. The summed E-state index contributed by atoms with van der Waals surface area (Å²) in [5.41, 5.74) is 4.67. The van der Waals surface area contributed by atoms with Gasteiger partial charge >= 0.3 is 0 Å². The topological polar surface area (TPSA) is 27.0 Å². The summed E-state index contributed by atoms with van der Waals surface area (Å²) in [5, 5.41) is 9.11. The Hall–Kier alpha value is -1.49. The van der Waals surface area contributed by atoms with Gasteiger partial charge in [0, 0.05) is 18.3 Å². The van der Waals surface area contributed by atoms with Crippen molar-refractivity contribution in [3.8, 4) is 6.07 Å².